The first kappa shape index (κ1) is 29.3. The van der Waals surface area contributed by atoms with Crippen molar-refractivity contribution in [1.29, 1.82) is 0 Å². The predicted molar refractivity (Wildman–Crippen MR) is 197 cm³/mol. The summed E-state index contributed by atoms with van der Waals surface area (Å²) in [6.45, 7) is 0. The molecule has 232 valence electrons. The fourth-order valence-electron chi connectivity index (χ4n) is 7.13. The number of hydrogen-bond acceptors (Lipinski definition) is 2. The molecular formula is C44H26N4Pt. The maximum atomic E-state index is 5.28. The quantitative estimate of drug-likeness (QED) is 0.166. The standard InChI is InChI=1S/C44H26N4.Pt/c1-2-11-29-24-30(22-21-28(29)10-1)31-25-32(34-14-7-15-37-35-12-3-5-17-40(35)47-43(34)37)27-33(26-31)39-18-8-20-42(46-39)48-41-19-6-4-13-36(41)38-16-9-23-45-44(38)48;/h1-26H;/q-2;+2. The van der Waals surface area contributed by atoms with Crippen molar-refractivity contribution in [2.24, 2.45) is 0 Å². The molecule has 0 saturated heterocycles. The minimum Gasteiger partial charge on any atom is -0.663 e. The third-order valence-electron chi connectivity index (χ3n) is 9.38. The van der Waals surface area contributed by atoms with Crippen LogP contribution in [-0.4, -0.2) is 14.5 Å². The van der Waals surface area contributed by atoms with Gasteiger partial charge >= 0.3 is 21.1 Å². The largest absolute Gasteiger partial charge is 2.00 e. The third kappa shape index (κ3) is 4.79. The van der Waals surface area contributed by atoms with E-state index in [1.54, 1.807) is 0 Å². The molecule has 5 heteroatoms. The van der Waals surface area contributed by atoms with Crippen LogP contribution in [0.3, 0.4) is 0 Å². The summed E-state index contributed by atoms with van der Waals surface area (Å²) in [5, 5.41) is 6.99. The van der Waals surface area contributed by atoms with Crippen molar-refractivity contribution in [3.63, 3.8) is 0 Å². The molecule has 10 aromatic rings. The summed E-state index contributed by atoms with van der Waals surface area (Å²) in [5.41, 5.74) is 9.97. The normalized spacial score (nSPS) is 11.5. The van der Waals surface area contributed by atoms with E-state index in [-0.39, 0.29) is 21.1 Å². The minimum atomic E-state index is 0. The number of benzene rings is 6. The summed E-state index contributed by atoms with van der Waals surface area (Å²) < 4.78 is 2.16. The van der Waals surface area contributed by atoms with Crippen molar-refractivity contribution >= 4 is 54.5 Å². The van der Waals surface area contributed by atoms with Gasteiger partial charge in [-0.05, 0) is 57.4 Å². The van der Waals surface area contributed by atoms with Crippen LogP contribution in [0.2, 0.25) is 0 Å². The van der Waals surface area contributed by atoms with Crippen molar-refractivity contribution in [2.45, 2.75) is 0 Å². The zero-order valence-electron chi connectivity index (χ0n) is 26.1. The van der Waals surface area contributed by atoms with Crippen LogP contribution in [0.4, 0.5) is 0 Å². The Kier molecular flexibility index (Phi) is 7.00. The van der Waals surface area contributed by atoms with E-state index in [0.29, 0.717) is 0 Å². The second-order valence-corrected chi connectivity index (χ2v) is 12.2. The number of para-hydroxylation sites is 3. The number of pyridine rings is 2. The van der Waals surface area contributed by atoms with Gasteiger partial charge in [0, 0.05) is 22.7 Å². The van der Waals surface area contributed by atoms with E-state index in [4.69, 9.17) is 15.0 Å². The first-order valence-electron chi connectivity index (χ1n) is 16.1. The van der Waals surface area contributed by atoms with E-state index in [9.17, 15) is 0 Å². The molecule has 0 radical (unpaired) electrons. The molecule has 10 rings (SSSR count). The summed E-state index contributed by atoms with van der Waals surface area (Å²) in [6.07, 6.45) is 1.84. The molecule has 6 aromatic carbocycles. The van der Waals surface area contributed by atoms with Gasteiger partial charge in [-0.1, -0.05) is 126 Å². The molecular weight excluding hydrogens is 780 g/mol. The number of rotatable bonds is 4. The van der Waals surface area contributed by atoms with Crippen molar-refractivity contribution in [2.75, 3.05) is 0 Å². The van der Waals surface area contributed by atoms with Crippen molar-refractivity contribution < 1.29 is 21.1 Å². The molecule has 0 N–H and O–H groups in total. The molecule has 0 fully saturated rings. The summed E-state index contributed by atoms with van der Waals surface area (Å²) in [4.78, 5) is 15.2. The van der Waals surface area contributed by atoms with Gasteiger partial charge in [0.25, 0.3) is 0 Å². The van der Waals surface area contributed by atoms with Crippen LogP contribution in [0.15, 0.2) is 158 Å². The van der Waals surface area contributed by atoms with E-state index in [2.05, 4.69) is 150 Å². The van der Waals surface area contributed by atoms with Crippen LogP contribution < -0.4 is 4.98 Å². The van der Waals surface area contributed by atoms with Crippen molar-refractivity contribution in [1.82, 2.24) is 19.5 Å². The smallest absolute Gasteiger partial charge is 0.663 e. The van der Waals surface area contributed by atoms with Gasteiger partial charge in [-0.25, -0.2) is 4.98 Å². The summed E-state index contributed by atoms with van der Waals surface area (Å²) in [7, 11) is 0. The average molecular weight is 806 g/mol. The first-order valence-corrected chi connectivity index (χ1v) is 16.1. The maximum absolute atomic E-state index is 5.28. The molecule has 4 nitrogen and oxygen atoms in total. The molecule has 0 unspecified atom stereocenters. The Morgan fingerprint density at radius 3 is 2.24 bits per heavy atom. The monoisotopic (exact) mass is 805 g/mol. The second-order valence-electron chi connectivity index (χ2n) is 12.2. The van der Waals surface area contributed by atoms with E-state index in [0.717, 1.165) is 83.1 Å². The maximum Gasteiger partial charge on any atom is 2.00 e. The topological polar surface area (TPSA) is 44.8 Å². The van der Waals surface area contributed by atoms with Gasteiger partial charge in [0.2, 0.25) is 0 Å². The Balaban J connectivity index is 0.00000325. The molecule has 0 spiro atoms. The molecule has 0 bridgehead atoms. The van der Waals surface area contributed by atoms with E-state index < -0.39 is 0 Å². The molecule has 0 amide bonds. The van der Waals surface area contributed by atoms with Crippen molar-refractivity contribution in [3.05, 3.63) is 164 Å². The Morgan fingerprint density at radius 2 is 1.31 bits per heavy atom. The van der Waals surface area contributed by atoms with Gasteiger partial charge < -0.3 is 4.98 Å². The van der Waals surface area contributed by atoms with E-state index >= 15 is 0 Å². The van der Waals surface area contributed by atoms with Gasteiger partial charge in [-0.2, -0.15) is 5.52 Å². The number of aromatic nitrogens is 4. The molecule has 0 aliphatic heterocycles. The molecule has 0 aliphatic carbocycles. The van der Waals surface area contributed by atoms with Gasteiger partial charge in [-0.15, -0.1) is 29.3 Å². The Bertz CT molecular complexity index is 2810. The number of hydrogen-bond donors (Lipinski definition) is 0. The third-order valence-corrected chi connectivity index (χ3v) is 9.38. The fourth-order valence-corrected chi connectivity index (χ4v) is 7.13. The molecule has 4 heterocycles. The minimum absolute atomic E-state index is 0. The fraction of sp³-hybridized carbons (Fsp3) is 0. The van der Waals surface area contributed by atoms with Gasteiger partial charge in [0.1, 0.15) is 11.5 Å². The Hall–Kier alpha value is -5.83. The Morgan fingerprint density at radius 1 is 0.551 bits per heavy atom. The van der Waals surface area contributed by atoms with Crippen LogP contribution in [0.25, 0.3) is 93.8 Å². The van der Waals surface area contributed by atoms with Gasteiger partial charge in [-0.3, -0.25) is 9.55 Å². The van der Waals surface area contributed by atoms with E-state index in [1.165, 1.54) is 10.8 Å². The van der Waals surface area contributed by atoms with Gasteiger partial charge in [0.15, 0.2) is 0 Å². The molecule has 4 aromatic heterocycles. The summed E-state index contributed by atoms with van der Waals surface area (Å²) >= 11 is 0. The average Bonchev–Trinajstić information content (AvgIpc) is 3.71. The van der Waals surface area contributed by atoms with E-state index in [1.807, 2.05) is 18.3 Å². The molecule has 49 heavy (non-hydrogen) atoms. The molecule has 0 saturated carbocycles. The van der Waals surface area contributed by atoms with Crippen LogP contribution in [-0.2, 0) is 21.1 Å². The van der Waals surface area contributed by atoms with Crippen LogP contribution >= 0.6 is 0 Å². The van der Waals surface area contributed by atoms with Crippen LogP contribution in [0, 0.1) is 6.07 Å². The molecule has 0 aliphatic rings. The number of nitrogens with zero attached hydrogens (tertiary/aromatic N) is 4. The summed E-state index contributed by atoms with van der Waals surface area (Å²) in [6, 6.07) is 56.9. The van der Waals surface area contributed by atoms with Crippen molar-refractivity contribution in [3.8, 4) is 39.3 Å². The second kappa shape index (κ2) is 11.7. The zero-order valence-corrected chi connectivity index (χ0v) is 28.4. The van der Waals surface area contributed by atoms with Crippen LogP contribution in [0.1, 0.15) is 0 Å². The zero-order chi connectivity index (χ0) is 31.6. The Labute approximate surface area is 297 Å². The predicted octanol–water partition coefficient (Wildman–Crippen LogP) is 10.8. The molecule has 0 atom stereocenters. The van der Waals surface area contributed by atoms with Gasteiger partial charge in [0.05, 0.1) is 5.52 Å². The SMILES string of the molecule is [Pt+2].[c-]1c(-c2cccc(-n3c4ccccc4c4cccnc43)n2)cc(-c2ccc3ccccc3c2)cc1-c1cccc2c1[n-]c1ccccc12. The first-order chi connectivity index (χ1) is 23.8. The van der Waals surface area contributed by atoms with Crippen LogP contribution in [0.5, 0.6) is 0 Å². The number of fused-ring (bicyclic) bond motifs is 7. The summed E-state index contributed by atoms with van der Waals surface area (Å²) in [5.74, 6) is 0.814.